The zero-order valence-corrected chi connectivity index (χ0v) is 10.8. The van der Waals surface area contributed by atoms with Crippen LogP contribution in [0.4, 0.5) is 18.9 Å². The van der Waals surface area contributed by atoms with Crippen LogP contribution in [0.15, 0.2) is 18.2 Å². The lowest BCUT2D eigenvalue weighted by Gasteiger charge is -2.15. The molecule has 0 fully saturated rings. The number of benzene rings is 1. The average molecular weight is 297 g/mol. The summed E-state index contributed by atoms with van der Waals surface area (Å²) in [6.45, 7) is 1.32. The molecule has 0 radical (unpaired) electrons. The van der Waals surface area contributed by atoms with E-state index in [0.717, 1.165) is 0 Å². The number of nitrogens with one attached hydrogen (secondary N) is 1. The van der Waals surface area contributed by atoms with Gasteiger partial charge in [0.05, 0.1) is 11.3 Å². The van der Waals surface area contributed by atoms with Crippen molar-refractivity contribution in [3.63, 3.8) is 0 Å². The first-order chi connectivity index (χ1) is 8.69. The second-order valence-corrected chi connectivity index (χ2v) is 4.57. The van der Waals surface area contributed by atoms with Crippen molar-refractivity contribution in [2.24, 2.45) is 0 Å². The molecule has 4 nitrogen and oxygen atoms in total. The van der Waals surface area contributed by atoms with Gasteiger partial charge in [-0.2, -0.15) is 13.2 Å². The van der Waals surface area contributed by atoms with Crippen molar-refractivity contribution in [2.75, 3.05) is 0 Å². The monoisotopic (exact) mass is 296 g/mol. The number of nitrogens with zero attached hydrogens (tertiary/aromatic N) is 1. The molecule has 0 bridgehead atoms. The first kappa shape index (κ1) is 15.7. The first-order valence-electron chi connectivity index (χ1n) is 5.42. The van der Waals surface area contributed by atoms with Crippen molar-refractivity contribution in [1.29, 1.82) is 0 Å². The maximum absolute atomic E-state index is 12.1. The second-order valence-electron chi connectivity index (χ2n) is 4.13. The van der Waals surface area contributed by atoms with Crippen LogP contribution >= 0.6 is 11.6 Å². The van der Waals surface area contributed by atoms with Crippen LogP contribution in [0.5, 0.6) is 0 Å². The van der Waals surface area contributed by atoms with Crippen LogP contribution in [0.25, 0.3) is 0 Å². The van der Waals surface area contributed by atoms with Crippen molar-refractivity contribution in [2.45, 2.75) is 32.1 Å². The van der Waals surface area contributed by atoms with Gasteiger partial charge in [-0.25, -0.2) is 0 Å². The third-order valence-electron chi connectivity index (χ3n) is 2.42. The molecule has 1 rings (SSSR count). The van der Waals surface area contributed by atoms with E-state index in [0.29, 0.717) is 5.02 Å². The fraction of sp³-hybridized carbons (Fsp3) is 0.455. The fourth-order valence-electron chi connectivity index (χ4n) is 1.58. The highest BCUT2D eigenvalue weighted by molar-refractivity contribution is 6.30. The van der Waals surface area contributed by atoms with Gasteiger partial charge >= 0.3 is 6.18 Å². The maximum Gasteiger partial charge on any atom is 0.390 e. The van der Waals surface area contributed by atoms with E-state index in [-0.39, 0.29) is 17.8 Å². The highest BCUT2D eigenvalue weighted by atomic mass is 35.5. The molecular weight excluding hydrogens is 285 g/mol. The molecule has 0 aliphatic carbocycles. The van der Waals surface area contributed by atoms with Crippen LogP contribution in [-0.2, 0) is 6.54 Å². The molecule has 0 aliphatic rings. The molecule has 19 heavy (non-hydrogen) atoms. The fourth-order valence-corrected chi connectivity index (χ4v) is 1.77. The Labute approximate surface area is 112 Å². The average Bonchev–Trinajstić information content (AvgIpc) is 2.23. The lowest BCUT2D eigenvalue weighted by atomic mass is 10.1. The highest BCUT2D eigenvalue weighted by Gasteiger charge is 2.29. The standard InChI is InChI=1S/C11H12ClF3N2O2/c1-7(5-11(13,14)15)16-6-8-4-9(12)2-3-10(8)17(18)19/h2-4,7,16H,5-6H2,1H3. The van der Waals surface area contributed by atoms with Gasteiger partial charge in [0.15, 0.2) is 0 Å². The van der Waals surface area contributed by atoms with Gasteiger partial charge in [0.25, 0.3) is 5.69 Å². The molecule has 0 heterocycles. The van der Waals surface area contributed by atoms with Gasteiger partial charge in [-0.3, -0.25) is 10.1 Å². The molecule has 0 saturated carbocycles. The quantitative estimate of drug-likeness (QED) is 0.666. The largest absolute Gasteiger partial charge is 0.390 e. The van der Waals surface area contributed by atoms with Gasteiger partial charge in [0, 0.05) is 29.2 Å². The van der Waals surface area contributed by atoms with E-state index in [9.17, 15) is 23.3 Å². The minimum Gasteiger partial charge on any atom is -0.310 e. The number of rotatable bonds is 5. The predicted molar refractivity (Wildman–Crippen MR) is 65.1 cm³/mol. The SMILES string of the molecule is CC(CC(F)(F)F)NCc1cc(Cl)ccc1[N+](=O)[O-]. The molecule has 0 amide bonds. The van der Waals surface area contributed by atoms with Crippen LogP contribution < -0.4 is 5.32 Å². The molecule has 1 unspecified atom stereocenters. The van der Waals surface area contributed by atoms with Gasteiger partial charge in [-0.15, -0.1) is 0 Å². The summed E-state index contributed by atoms with van der Waals surface area (Å²) in [6.07, 6.45) is -5.27. The molecule has 1 aromatic rings. The summed E-state index contributed by atoms with van der Waals surface area (Å²) in [4.78, 5) is 10.2. The van der Waals surface area contributed by atoms with Crippen molar-refractivity contribution in [3.8, 4) is 0 Å². The van der Waals surface area contributed by atoms with Crippen molar-refractivity contribution in [1.82, 2.24) is 5.32 Å². The van der Waals surface area contributed by atoms with Gasteiger partial charge in [-0.1, -0.05) is 11.6 Å². The Morgan fingerprint density at radius 1 is 1.47 bits per heavy atom. The Bertz CT molecular complexity index is 466. The summed E-state index contributed by atoms with van der Waals surface area (Å²) >= 11 is 5.71. The second kappa shape index (κ2) is 6.21. The molecule has 8 heteroatoms. The third kappa shape index (κ3) is 5.44. The Morgan fingerprint density at radius 3 is 2.63 bits per heavy atom. The highest BCUT2D eigenvalue weighted by Crippen LogP contribution is 2.24. The lowest BCUT2D eigenvalue weighted by molar-refractivity contribution is -0.385. The van der Waals surface area contributed by atoms with Crippen LogP contribution in [0.2, 0.25) is 5.02 Å². The number of alkyl halides is 3. The Hall–Kier alpha value is -1.34. The van der Waals surface area contributed by atoms with Crippen LogP contribution in [0.3, 0.4) is 0 Å². The van der Waals surface area contributed by atoms with E-state index < -0.39 is 23.6 Å². The third-order valence-corrected chi connectivity index (χ3v) is 2.65. The van der Waals surface area contributed by atoms with Crippen LogP contribution in [-0.4, -0.2) is 17.1 Å². The van der Waals surface area contributed by atoms with Gasteiger partial charge in [0.1, 0.15) is 0 Å². The summed E-state index contributed by atoms with van der Waals surface area (Å²) in [5.74, 6) is 0. The lowest BCUT2D eigenvalue weighted by Crippen LogP contribution is -2.30. The molecule has 1 atom stereocenters. The van der Waals surface area contributed by atoms with Crippen LogP contribution in [0, 0.1) is 10.1 Å². The van der Waals surface area contributed by atoms with Gasteiger partial charge < -0.3 is 5.32 Å². The van der Waals surface area contributed by atoms with Gasteiger partial charge in [-0.05, 0) is 19.1 Å². The summed E-state index contributed by atoms with van der Waals surface area (Å²) in [5.41, 5.74) is 0.0858. The van der Waals surface area contributed by atoms with E-state index in [1.165, 1.54) is 25.1 Å². The Balaban J connectivity index is 2.72. The predicted octanol–water partition coefficient (Wildman–Crippen LogP) is 3.68. The summed E-state index contributed by atoms with van der Waals surface area (Å²) in [5, 5.41) is 13.7. The van der Waals surface area contributed by atoms with Gasteiger partial charge in [0.2, 0.25) is 0 Å². The van der Waals surface area contributed by atoms with E-state index in [4.69, 9.17) is 11.6 Å². The van der Waals surface area contributed by atoms with Crippen molar-refractivity contribution < 1.29 is 18.1 Å². The molecule has 0 aromatic heterocycles. The Kier molecular flexibility index (Phi) is 5.13. The molecule has 1 N–H and O–H groups in total. The summed E-state index contributed by atoms with van der Waals surface area (Å²) < 4.78 is 36.4. The smallest absolute Gasteiger partial charge is 0.310 e. The maximum atomic E-state index is 12.1. The number of hydrogen-bond donors (Lipinski definition) is 1. The van der Waals surface area contributed by atoms with E-state index >= 15 is 0 Å². The van der Waals surface area contributed by atoms with Crippen molar-refractivity contribution in [3.05, 3.63) is 38.9 Å². The zero-order valence-electron chi connectivity index (χ0n) is 10.00. The minimum absolute atomic E-state index is 0.0475. The summed E-state index contributed by atoms with van der Waals surface area (Å²) in [6, 6.07) is 3.13. The molecule has 106 valence electrons. The zero-order chi connectivity index (χ0) is 14.6. The number of nitro benzene ring substituents is 1. The number of halogens is 4. The van der Waals surface area contributed by atoms with E-state index in [1.807, 2.05) is 0 Å². The van der Waals surface area contributed by atoms with Crippen molar-refractivity contribution >= 4 is 17.3 Å². The molecule has 0 aliphatic heterocycles. The number of hydrogen-bond acceptors (Lipinski definition) is 3. The van der Waals surface area contributed by atoms with Crippen LogP contribution in [0.1, 0.15) is 18.9 Å². The number of nitro groups is 1. The topological polar surface area (TPSA) is 55.2 Å². The Morgan fingerprint density at radius 2 is 2.11 bits per heavy atom. The molecule has 1 aromatic carbocycles. The minimum atomic E-state index is -4.27. The van der Waals surface area contributed by atoms with E-state index in [1.54, 1.807) is 0 Å². The molecular formula is C11H12ClF3N2O2. The molecule has 0 saturated heterocycles. The van der Waals surface area contributed by atoms with E-state index in [2.05, 4.69) is 5.32 Å². The summed E-state index contributed by atoms with van der Waals surface area (Å²) in [7, 11) is 0. The normalized spacial score (nSPS) is 13.3. The molecule has 0 spiro atoms. The first-order valence-corrected chi connectivity index (χ1v) is 5.80.